The standard InChI is InChI=1S/C16H23BrN4/c1-4-6-21-7-5-19-15(21)10-14(20-18)13-8-11(2)16(17)12(3)9-13/h5,7-9,14,20H,4,6,10,18H2,1-3H3. The molecule has 0 bridgehead atoms. The molecular weight excluding hydrogens is 328 g/mol. The quantitative estimate of drug-likeness (QED) is 0.619. The highest BCUT2D eigenvalue weighted by Gasteiger charge is 2.15. The predicted octanol–water partition coefficient (Wildman–Crippen LogP) is 3.42. The van der Waals surface area contributed by atoms with Crippen molar-refractivity contribution in [3.05, 3.63) is 51.5 Å². The second-order valence-corrected chi connectivity index (χ2v) is 6.22. The van der Waals surface area contributed by atoms with Gasteiger partial charge in [0.05, 0.1) is 6.04 Å². The molecule has 1 heterocycles. The number of aromatic nitrogens is 2. The lowest BCUT2D eigenvalue weighted by Gasteiger charge is -2.19. The molecule has 1 aromatic heterocycles. The van der Waals surface area contributed by atoms with E-state index in [4.69, 9.17) is 5.84 Å². The monoisotopic (exact) mass is 350 g/mol. The topological polar surface area (TPSA) is 55.9 Å². The SMILES string of the molecule is CCCn1ccnc1CC(NN)c1cc(C)c(Br)c(C)c1. The molecule has 0 fully saturated rings. The fraction of sp³-hybridized carbons (Fsp3) is 0.438. The largest absolute Gasteiger partial charge is 0.335 e. The molecule has 0 aliphatic carbocycles. The number of imidazole rings is 1. The van der Waals surface area contributed by atoms with Gasteiger partial charge in [-0.1, -0.05) is 35.0 Å². The number of aryl methyl sites for hydroxylation is 3. The van der Waals surface area contributed by atoms with Gasteiger partial charge in [0.2, 0.25) is 0 Å². The summed E-state index contributed by atoms with van der Waals surface area (Å²) in [4.78, 5) is 4.47. The molecule has 114 valence electrons. The van der Waals surface area contributed by atoms with E-state index in [1.807, 2.05) is 12.4 Å². The Balaban J connectivity index is 2.26. The van der Waals surface area contributed by atoms with Gasteiger partial charge in [-0.2, -0.15) is 0 Å². The van der Waals surface area contributed by atoms with Gasteiger partial charge in [0.25, 0.3) is 0 Å². The first-order valence-corrected chi connectivity index (χ1v) is 8.08. The Labute approximate surface area is 134 Å². The van der Waals surface area contributed by atoms with Crippen LogP contribution in [-0.4, -0.2) is 9.55 Å². The molecule has 0 spiro atoms. The highest BCUT2D eigenvalue weighted by molar-refractivity contribution is 9.10. The van der Waals surface area contributed by atoms with E-state index in [1.165, 1.54) is 16.7 Å². The van der Waals surface area contributed by atoms with Crippen LogP contribution in [0.15, 0.2) is 29.0 Å². The van der Waals surface area contributed by atoms with E-state index in [0.29, 0.717) is 0 Å². The lowest BCUT2D eigenvalue weighted by Crippen LogP contribution is -2.30. The summed E-state index contributed by atoms with van der Waals surface area (Å²) in [5.74, 6) is 6.85. The van der Waals surface area contributed by atoms with Crippen molar-refractivity contribution in [2.24, 2.45) is 5.84 Å². The van der Waals surface area contributed by atoms with E-state index >= 15 is 0 Å². The van der Waals surface area contributed by atoms with Crippen molar-refractivity contribution in [1.82, 2.24) is 15.0 Å². The smallest absolute Gasteiger partial charge is 0.110 e. The highest BCUT2D eigenvalue weighted by atomic mass is 79.9. The Morgan fingerprint density at radius 3 is 2.57 bits per heavy atom. The molecule has 2 rings (SSSR count). The van der Waals surface area contributed by atoms with E-state index in [2.05, 4.69) is 63.8 Å². The molecule has 1 unspecified atom stereocenters. The lowest BCUT2D eigenvalue weighted by molar-refractivity contribution is 0.516. The summed E-state index contributed by atoms with van der Waals surface area (Å²) in [6.07, 6.45) is 5.77. The fourth-order valence-corrected chi connectivity index (χ4v) is 2.84. The number of hydrogen-bond acceptors (Lipinski definition) is 3. The zero-order valence-electron chi connectivity index (χ0n) is 12.9. The summed E-state index contributed by atoms with van der Waals surface area (Å²) in [6.45, 7) is 7.37. The van der Waals surface area contributed by atoms with Gasteiger partial charge in [-0.3, -0.25) is 11.3 Å². The van der Waals surface area contributed by atoms with Crippen molar-refractivity contribution in [1.29, 1.82) is 0 Å². The maximum absolute atomic E-state index is 5.78. The molecule has 0 aliphatic rings. The van der Waals surface area contributed by atoms with Crippen molar-refractivity contribution in [2.75, 3.05) is 0 Å². The number of nitrogens with zero attached hydrogens (tertiary/aromatic N) is 2. The van der Waals surface area contributed by atoms with Crippen LogP contribution in [0.3, 0.4) is 0 Å². The van der Waals surface area contributed by atoms with Crippen molar-refractivity contribution in [3.8, 4) is 0 Å². The molecule has 0 radical (unpaired) electrons. The zero-order chi connectivity index (χ0) is 15.4. The van der Waals surface area contributed by atoms with Crippen molar-refractivity contribution >= 4 is 15.9 Å². The Kier molecular flexibility index (Phi) is 5.56. The van der Waals surface area contributed by atoms with Crippen LogP contribution in [0.5, 0.6) is 0 Å². The third-order valence-electron chi connectivity index (χ3n) is 3.72. The van der Waals surface area contributed by atoms with Gasteiger partial charge in [-0.15, -0.1) is 0 Å². The third-order valence-corrected chi connectivity index (χ3v) is 4.97. The third kappa shape index (κ3) is 3.73. The molecule has 3 N–H and O–H groups in total. The van der Waals surface area contributed by atoms with Crippen LogP contribution in [0, 0.1) is 13.8 Å². The first-order chi connectivity index (χ1) is 10.1. The molecule has 0 aliphatic heterocycles. The summed E-state index contributed by atoms with van der Waals surface area (Å²) in [7, 11) is 0. The van der Waals surface area contributed by atoms with E-state index in [-0.39, 0.29) is 6.04 Å². The summed E-state index contributed by atoms with van der Waals surface area (Å²) in [5, 5.41) is 0. The van der Waals surface area contributed by atoms with E-state index in [0.717, 1.165) is 29.7 Å². The second-order valence-electron chi connectivity index (χ2n) is 5.43. The second kappa shape index (κ2) is 7.20. The number of nitrogens with one attached hydrogen (secondary N) is 1. The number of nitrogens with two attached hydrogens (primary N) is 1. The van der Waals surface area contributed by atoms with E-state index in [1.54, 1.807) is 0 Å². The van der Waals surface area contributed by atoms with Crippen molar-refractivity contribution in [2.45, 2.75) is 46.2 Å². The Morgan fingerprint density at radius 2 is 2.00 bits per heavy atom. The first kappa shape index (κ1) is 16.2. The average Bonchev–Trinajstić information content (AvgIpc) is 2.89. The molecule has 1 aromatic carbocycles. The first-order valence-electron chi connectivity index (χ1n) is 7.29. The van der Waals surface area contributed by atoms with E-state index in [9.17, 15) is 0 Å². The fourth-order valence-electron chi connectivity index (χ4n) is 2.61. The summed E-state index contributed by atoms with van der Waals surface area (Å²) >= 11 is 3.61. The Bertz CT molecular complexity index is 583. The van der Waals surface area contributed by atoms with Gasteiger partial charge in [0.1, 0.15) is 5.82 Å². The van der Waals surface area contributed by atoms with Crippen molar-refractivity contribution in [3.63, 3.8) is 0 Å². The van der Waals surface area contributed by atoms with Crippen LogP contribution in [-0.2, 0) is 13.0 Å². The normalized spacial score (nSPS) is 12.6. The minimum atomic E-state index is 0.0634. The molecule has 0 saturated carbocycles. The molecule has 5 heteroatoms. The minimum absolute atomic E-state index is 0.0634. The summed E-state index contributed by atoms with van der Waals surface area (Å²) < 4.78 is 3.36. The Morgan fingerprint density at radius 1 is 1.33 bits per heavy atom. The van der Waals surface area contributed by atoms with Crippen LogP contribution in [0.4, 0.5) is 0 Å². The molecular formula is C16H23BrN4. The van der Waals surface area contributed by atoms with Crippen molar-refractivity contribution < 1.29 is 0 Å². The maximum atomic E-state index is 5.78. The maximum Gasteiger partial charge on any atom is 0.110 e. The van der Waals surface area contributed by atoms with Crippen LogP contribution >= 0.6 is 15.9 Å². The predicted molar refractivity (Wildman–Crippen MR) is 89.9 cm³/mol. The lowest BCUT2D eigenvalue weighted by atomic mass is 9.99. The van der Waals surface area contributed by atoms with Gasteiger partial charge in [-0.05, 0) is 37.0 Å². The molecule has 0 amide bonds. The van der Waals surface area contributed by atoms with E-state index < -0.39 is 0 Å². The van der Waals surface area contributed by atoms with Gasteiger partial charge in [0.15, 0.2) is 0 Å². The van der Waals surface area contributed by atoms with Gasteiger partial charge in [0, 0.05) is 29.8 Å². The Hall–Kier alpha value is -1.17. The zero-order valence-corrected chi connectivity index (χ0v) is 14.4. The van der Waals surface area contributed by atoms with Gasteiger partial charge >= 0.3 is 0 Å². The van der Waals surface area contributed by atoms with Crippen LogP contribution < -0.4 is 11.3 Å². The number of hydrogen-bond donors (Lipinski definition) is 2. The summed E-state index contributed by atoms with van der Waals surface area (Å²) in [6, 6.07) is 4.41. The number of hydrazine groups is 1. The average molecular weight is 351 g/mol. The number of rotatable bonds is 6. The highest BCUT2D eigenvalue weighted by Crippen LogP contribution is 2.26. The molecule has 1 atom stereocenters. The number of benzene rings is 1. The van der Waals surface area contributed by atoms with Crippen LogP contribution in [0.2, 0.25) is 0 Å². The summed E-state index contributed by atoms with van der Waals surface area (Å²) in [5.41, 5.74) is 6.58. The molecule has 4 nitrogen and oxygen atoms in total. The minimum Gasteiger partial charge on any atom is -0.335 e. The molecule has 21 heavy (non-hydrogen) atoms. The van der Waals surface area contributed by atoms with Gasteiger partial charge in [-0.25, -0.2) is 4.98 Å². The molecule has 2 aromatic rings. The number of halogens is 1. The van der Waals surface area contributed by atoms with Crippen LogP contribution in [0.25, 0.3) is 0 Å². The van der Waals surface area contributed by atoms with Crippen LogP contribution in [0.1, 0.15) is 41.9 Å². The molecule has 0 saturated heterocycles. The van der Waals surface area contributed by atoms with Gasteiger partial charge < -0.3 is 4.57 Å².